The van der Waals surface area contributed by atoms with Crippen LogP contribution in [0.5, 0.6) is 0 Å². The predicted molar refractivity (Wildman–Crippen MR) is 72.5 cm³/mol. The van der Waals surface area contributed by atoms with Gasteiger partial charge in [0, 0.05) is 23.7 Å². The van der Waals surface area contributed by atoms with Gasteiger partial charge in [0.25, 0.3) is 5.43 Å². The summed E-state index contributed by atoms with van der Waals surface area (Å²) in [5, 5.41) is 19.6. The number of carboxylic acid groups (broad SMARTS) is 1. The Bertz CT molecular complexity index is 747. The number of aromatic carboxylic acids is 1. The van der Waals surface area contributed by atoms with Gasteiger partial charge in [-0.2, -0.15) is 0 Å². The molecule has 0 spiro atoms. The van der Waals surface area contributed by atoms with Crippen LogP contribution in [-0.4, -0.2) is 20.6 Å². The number of aromatic nitrogens is 1. The first-order valence-electron chi connectivity index (χ1n) is 5.55. The minimum Gasteiger partial charge on any atom is -0.477 e. The monoisotopic (exact) mass is 294 g/mol. The highest BCUT2D eigenvalue weighted by Crippen LogP contribution is 2.22. The van der Waals surface area contributed by atoms with Gasteiger partial charge in [0.05, 0.1) is 11.1 Å². The third kappa shape index (κ3) is 2.75. The van der Waals surface area contributed by atoms with Crippen LogP contribution in [-0.2, 0) is 6.54 Å². The van der Waals surface area contributed by atoms with Crippen LogP contribution in [0, 0.1) is 17.0 Å². The summed E-state index contributed by atoms with van der Waals surface area (Å²) in [5.41, 5.74) is -0.399. The number of rotatable bonds is 4. The third-order valence-electron chi connectivity index (χ3n) is 2.74. The topological polar surface area (TPSA) is 102 Å². The van der Waals surface area contributed by atoms with E-state index in [1.54, 1.807) is 6.92 Å². The minimum atomic E-state index is -1.00. The Kier molecular flexibility index (Phi) is 3.66. The maximum atomic E-state index is 11.3. The number of thiophene rings is 1. The molecule has 7 nitrogen and oxygen atoms in total. The van der Waals surface area contributed by atoms with E-state index in [0.717, 1.165) is 34.0 Å². The molecule has 1 N–H and O–H groups in total. The van der Waals surface area contributed by atoms with Gasteiger partial charge in [-0.3, -0.25) is 14.9 Å². The van der Waals surface area contributed by atoms with Gasteiger partial charge in [-0.25, -0.2) is 4.79 Å². The van der Waals surface area contributed by atoms with Gasteiger partial charge < -0.3 is 9.67 Å². The molecule has 0 aliphatic rings. The van der Waals surface area contributed by atoms with Gasteiger partial charge in [0.2, 0.25) is 0 Å². The van der Waals surface area contributed by atoms with E-state index >= 15 is 0 Å². The maximum absolute atomic E-state index is 11.3. The lowest BCUT2D eigenvalue weighted by molar-refractivity contribution is -0.386. The summed E-state index contributed by atoms with van der Waals surface area (Å²) in [4.78, 5) is 33.2. The molecule has 0 atom stereocenters. The van der Waals surface area contributed by atoms with Crippen LogP contribution in [0.3, 0.4) is 0 Å². The second-order valence-electron chi connectivity index (χ2n) is 4.12. The van der Waals surface area contributed by atoms with E-state index in [4.69, 9.17) is 5.11 Å². The van der Waals surface area contributed by atoms with E-state index in [1.807, 2.05) is 0 Å². The number of nitro groups is 1. The average molecular weight is 294 g/mol. The minimum absolute atomic E-state index is 0.216. The molecule has 0 bridgehead atoms. The fourth-order valence-corrected chi connectivity index (χ4v) is 2.60. The van der Waals surface area contributed by atoms with Crippen molar-refractivity contribution in [2.75, 3.05) is 0 Å². The number of carboxylic acids is 1. The van der Waals surface area contributed by atoms with Gasteiger partial charge in [0.1, 0.15) is 4.88 Å². The Morgan fingerprint density at radius 3 is 2.80 bits per heavy atom. The Morgan fingerprint density at radius 1 is 1.55 bits per heavy atom. The second kappa shape index (κ2) is 5.25. The quantitative estimate of drug-likeness (QED) is 0.685. The van der Waals surface area contributed by atoms with Gasteiger partial charge >= 0.3 is 11.7 Å². The Hall–Kier alpha value is -2.48. The van der Waals surface area contributed by atoms with Crippen molar-refractivity contribution in [2.24, 2.45) is 0 Å². The standard InChI is InChI=1S/C12H10N2O5S/c1-7-8(4-11(20-7)12(16)17)5-13-3-2-10(15)9(6-13)14(18)19/h2-4,6H,5H2,1H3,(H,16,17). The van der Waals surface area contributed by atoms with Crippen molar-refractivity contribution in [3.8, 4) is 0 Å². The van der Waals surface area contributed by atoms with Crippen molar-refractivity contribution in [2.45, 2.75) is 13.5 Å². The SMILES string of the molecule is Cc1sc(C(=O)O)cc1Cn1ccc(=O)c([N+](=O)[O-])c1. The summed E-state index contributed by atoms with van der Waals surface area (Å²) in [6, 6.07) is 2.66. The molecular formula is C12H10N2O5S. The first-order valence-corrected chi connectivity index (χ1v) is 6.37. The summed E-state index contributed by atoms with van der Waals surface area (Å²) in [6.45, 7) is 2.06. The van der Waals surface area contributed by atoms with Crippen molar-refractivity contribution >= 4 is 23.0 Å². The smallest absolute Gasteiger partial charge is 0.345 e. The normalized spacial score (nSPS) is 10.4. The van der Waals surface area contributed by atoms with E-state index in [1.165, 1.54) is 16.8 Å². The third-order valence-corrected chi connectivity index (χ3v) is 3.82. The largest absolute Gasteiger partial charge is 0.477 e. The molecule has 2 rings (SSSR count). The molecule has 0 fully saturated rings. The molecule has 2 aromatic heterocycles. The van der Waals surface area contributed by atoms with Crippen LogP contribution in [0.2, 0.25) is 0 Å². The summed E-state index contributed by atoms with van der Waals surface area (Å²) in [6.07, 6.45) is 2.59. The molecule has 8 heteroatoms. The number of pyridine rings is 1. The summed E-state index contributed by atoms with van der Waals surface area (Å²) in [7, 11) is 0. The fraction of sp³-hybridized carbons (Fsp3) is 0.167. The fourth-order valence-electron chi connectivity index (χ4n) is 1.73. The molecule has 0 saturated heterocycles. The van der Waals surface area contributed by atoms with Gasteiger partial charge in [-0.1, -0.05) is 0 Å². The van der Waals surface area contributed by atoms with Gasteiger partial charge in [-0.15, -0.1) is 11.3 Å². The van der Waals surface area contributed by atoms with Crippen molar-refractivity contribution < 1.29 is 14.8 Å². The molecular weight excluding hydrogens is 284 g/mol. The zero-order valence-corrected chi connectivity index (χ0v) is 11.2. The number of carbonyl (C=O) groups is 1. The Labute approximate surface area is 116 Å². The predicted octanol–water partition coefficient (Wildman–Crippen LogP) is 1.87. The van der Waals surface area contributed by atoms with Gasteiger partial charge in [-0.05, 0) is 18.6 Å². The molecule has 0 aliphatic heterocycles. The summed E-state index contributed by atoms with van der Waals surface area (Å²) >= 11 is 1.15. The number of hydrogen-bond donors (Lipinski definition) is 1. The zero-order chi connectivity index (χ0) is 14.9. The molecule has 0 aromatic carbocycles. The molecule has 0 aliphatic carbocycles. The zero-order valence-electron chi connectivity index (χ0n) is 10.4. The highest BCUT2D eigenvalue weighted by atomic mass is 32.1. The van der Waals surface area contributed by atoms with Crippen molar-refractivity contribution in [3.63, 3.8) is 0 Å². The second-order valence-corrected chi connectivity index (χ2v) is 5.38. The van der Waals surface area contributed by atoms with E-state index in [9.17, 15) is 19.7 Å². The molecule has 0 amide bonds. The van der Waals surface area contributed by atoms with Crippen LogP contribution in [0.15, 0.2) is 29.3 Å². The maximum Gasteiger partial charge on any atom is 0.345 e. The van der Waals surface area contributed by atoms with Crippen LogP contribution < -0.4 is 5.43 Å². The molecule has 2 aromatic rings. The summed E-state index contributed by atoms with van der Waals surface area (Å²) in [5.74, 6) is -1.00. The van der Waals surface area contributed by atoms with Crippen LogP contribution >= 0.6 is 11.3 Å². The lowest BCUT2D eigenvalue weighted by Gasteiger charge is -2.05. The molecule has 0 unspecified atom stereocenters. The van der Waals surface area contributed by atoms with Crippen LogP contribution in [0.25, 0.3) is 0 Å². The van der Waals surface area contributed by atoms with E-state index in [-0.39, 0.29) is 11.4 Å². The average Bonchev–Trinajstić information content (AvgIpc) is 2.73. The van der Waals surface area contributed by atoms with Crippen LogP contribution in [0.4, 0.5) is 5.69 Å². The van der Waals surface area contributed by atoms with E-state index in [0.29, 0.717) is 0 Å². The lowest BCUT2D eigenvalue weighted by atomic mass is 10.2. The van der Waals surface area contributed by atoms with E-state index < -0.39 is 22.0 Å². The summed E-state index contributed by atoms with van der Waals surface area (Å²) < 4.78 is 1.49. The Balaban J connectivity index is 2.35. The molecule has 0 saturated carbocycles. The highest BCUT2D eigenvalue weighted by molar-refractivity contribution is 7.14. The van der Waals surface area contributed by atoms with Crippen molar-refractivity contribution in [3.05, 3.63) is 60.2 Å². The molecule has 104 valence electrons. The van der Waals surface area contributed by atoms with Crippen molar-refractivity contribution in [1.82, 2.24) is 4.57 Å². The molecule has 2 heterocycles. The first kappa shape index (κ1) is 13.9. The highest BCUT2D eigenvalue weighted by Gasteiger charge is 2.14. The molecule has 20 heavy (non-hydrogen) atoms. The first-order chi connectivity index (χ1) is 9.38. The number of nitrogens with zero attached hydrogens (tertiary/aromatic N) is 2. The Morgan fingerprint density at radius 2 is 2.25 bits per heavy atom. The van der Waals surface area contributed by atoms with Crippen LogP contribution in [0.1, 0.15) is 20.1 Å². The number of aryl methyl sites for hydroxylation is 1. The van der Waals surface area contributed by atoms with Gasteiger partial charge in [0.15, 0.2) is 0 Å². The van der Waals surface area contributed by atoms with Crippen molar-refractivity contribution in [1.29, 1.82) is 0 Å². The molecule has 0 radical (unpaired) electrons. The number of hydrogen-bond acceptors (Lipinski definition) is 5. The van der Waals surface area contributed by atoms with E-state index in [2.05, 4.69) is 0 Å². The lowest BCUT2D eigenvalue weighted by Crippen LogP contribution is -2.11.